The van der Waals surface area contributed by atoms with Gasteiger partial charge in [0.25, 0.3) is 0 Å². The molecule has 2 rings (SSSR count). The number of nitrogens with one attached hydrogen (secondary N) is 1. The lowest BCUT2D eigenvalue weighted by atomic mass is 9.76. The molecule has 0 amide bonds. The Balaban J connectivity index is 1.70. The zero-order valence-corrected chi connectivity index (χ0v) is 9.76. The van der Waals surface area contributed by atoms with E-state index in [1.54, 1.807) is 0 Å². The molecule has 0 aromatic rings. The lowest BCUT2D eigenvalue weighted by molar-refractivity contribution is 0.165. The highest BCUT2D eigenvalue weighted by atomic mass is 15.0. The molecule has 14 heavy (non-hydrogen) atoms. The standard InChI is InChI=1S/C13H25N/c1-3-11-6-9-13(11)14-12-7-4-10(2)5-8-12/h10-14H,3-9H2,1-2H3. The molecule has 1 nitrogen and oxygen atoms in total. The summed E-state index contributed by atoms with van der Waals surface area (Å²) in [6.07, 6.45) is 10.0. The number of hydrogen-bond acceptors (Lipinski definition) is 1. The molecule has 2 fully saturated rings. The van der Waals surface area contributed by atoms with E-state index in [4.69, 9.17) is 0 Å². The molecule has 0 aromatic heterocycles. The first kappa shape index (κ1) is 10.5. The van der Waals surface area contributed by atoms with Crippen LogP contribution >= 0.6 is 0 Å². The molecule has 0 aromatic carbocycles. The van der Waals surface area contributed by atoms with E-state index in [2.05, 4.69) is 19.2 Å². The van der Waals surface area contributed by atoms with Gasteiger partial charge < -0.3 is 5.32 Å². The lowest BCUT2D eigenvalue weighted by Crippen LogP contribution is -2.49. The van der Waals surface area contributed by atoms with Crippen LogP contribution in [0.5, 0.6) is 0 Å². The zero-order valence-electron chi connectivity index (χ0n) is 9.76. The van der Waals surface area contributed by atoms with E-state index in [0.29, 0.717) is 0 Å². The van der Waals surface area contributed by atoms with Crippen molar-refractivity contribution in [3.05, 3.63) is 0 Å². The molecule has 2 aliphatic carbocycles. The van der Waals surface area contributed by atoms with Crippen LogP contribution in [0.2, 0.25) is 0 Å². The highest BCUT2D eigenvalue weighted by molar-refractivity contribution is 4.89. The van der Waals surface area contributed by atoms with E-state index in [0.717, 1.165) is 23.9 Å². The minimum atomic E-state index is 0.852. The average Bonchev–Trinajstić information content (AvgIpc) is 2.16. The second-order valence-electron chi connectivity index (χ2n) is 5.48. The van der Waals surface area contributed by atoms with E-state index in [1.807, 2.05) is 0 Å². The van der Waals surface area contributed by atoms with Gasteiger partial charge >= 0.3 is 0 Å². The van der Waals surface area contributed by atoms with Crippen LogP contribution < -0.4 is 5.32 Å². The summed E-state index contributed by atoms with van der Waals surface area (Å²) in [6, 6.07) is 1.73. The van der Waals surface area contributed by atoms with Crippen LogP contribution in [0.15, 0.2) is 0 Å². The van der Waals surface area contributed by atoms with Crippen molar-refractivity contribution in [3.8, 4) is 0 Å². The molecule has 0 aliphatic heterocycles. The summed E-state index contributed by atoms with van der Waals surface area (Å²) < 4.78 is 0. The van der Waals surface area contributed by atoms with Gasteiger partial charge in [-0.05, 0) is 50.4 Å². The minimum absolute atomic E-state index is 0.852. The summed E-state index contributed by atoms with van der Waals surface area (Å²) in [7, 11) is 0. The van der Waals surface area contributed by atoms with E-state index in [9.17, 15) is 0 Å². The fraction of sp³-hybridized carbons (Fsp3) is 1.00. The van der Waals surface area contributed by atoms with Crippen LogP contribution in [0.4, 0.5) is 0 Å². The molecule has 0 bridgehead atoms. The minimum Gasteiger partial charge on any atom is -0.311 e. The Morgan fingerprint density at radius 2 is 1.71 bits per heavy atom. The third-order valence-electron chi connectivity index (χ3n) is 4.41. The van der Waals surface area contributed by atoms with Crippen LogP contribution in [-0.2, 0) is 0 Å². The Labute approximate surface area is 88.7 Å². The lowest BCUT2D eigenvalue weighted by Gasteiger charge is -2.41. The largest absolute Gasteiger partial charge is 0.311 e. The molecule has 0 saturated heterocycles. The molecular weight excluding hydrogens is 170 g/mol. The van der Waals surface area contributed by atoms with Crippen LogP contribution in [-0.4, -0.2) is 12.1 Å². The molecule has 2 saturated carbocycles. The maximum absolute atomic E-state index is 3.88. The molecule has 0 spiro atoms. The SMILES string of the molecule is CCC1CCC1NC1CCC(C)CC1. The van der Waals surface area contributed by atoms with E-state index >= 15 is 0 Å². The maximum Gasteiger partial charge on any atom is 0.00979 e. The Kier molecular flexibility index (Phi) is 3.48. The third-order valence-corrected chi connectivity index (χ3v) is 4.41. The highest BCUT2D eigenvalue weighted by Crippen LogP contribution is 2.32. The summed E-state index contributed by atoms with van der Waals surface area (Å²) in [4.78, 5) is 0. The quantitative estimate of drug-likeness (QED) is 0.728. The molecule has 1 heteroatoms. The van der Waals surface area contributed by atoms with E-state index in [1.165, 1.54) is 44.9 Å². The first-order chi connectivity index (χ1) is 6.79. The second-order valence-corrected chi connectivity index (χ2v) is 5.48. The summed E-state index contributed by atoms with van der Waals surface area (Å²) in [6.45, 7) is 4.73. The first-order valence-corrected chi connectivity index (χ1v) is 6.55. The van der Waals surface area contributed by atoms with Crippen LogP contribution in [0.1, 0.15) is 58.8 Å². The summed E-state index contributed by atoms with van der Waals surface area (Å²) in [5.41, 5.74) is 0. The van der Waals surface area contributed by atoms with Gasteiger partial charge in [0.05, 0.1) is 0 Å². The topological polar surface area (TPSA) is 12.0 Å². The number of rotatable bonds is 3. The number of hydrogen-bond donors (Lipinski definition) is 1. The predicted molar refractivity (Wildman–Crippen MR) is 61.4 cm³/mol. The Hall–Kier alpha value is -0.0400. The van der Waals surface area contributed by atoms with Crippen molar-refractivity contribution < 1.29 is 0 Å². The van der Waals surface area contributed by atoms with Crippen LogP contribution in [0.25, 0.3) is 0 Å². The van der Waals surface area contributed by atoms with Crippen molar-refractivity contribution >= 4 is 0 Å². The molecular formula is C13H25N. The van der Waals surface area contributed by atoms with Crippen LogP contribution in [0, 0.1) is 11.8 Å². The van der Waals surface area contributed by atoms with Gasteiger partial charge in [-0.3, -0.25) is 0 Å². The molecule has 2 aliphatic rings. The summed E-state index contributed by atoms with van der Waals surface area (Å²) in [5, 5.41) is 3.88. The highest BCUT2D eigenvalue weighted by Gasteiger charge is 2.31. The van der Waals surface area contributed by atoms with Gasteiger partial charge in [0.2, 0.25) is 0 Å². The van der Waals surface area contributed by atoms with Gasteiger partial charge in [0.1, 0.15) is 0 Å². The van der Waals surface area contributed by atoms with Crippen molar-refractivity contribution in [3.63, 3.8) is 0 Å². The molecule has 82 valence electrons. The van der Waals surface area contributed by atoms with Crippen molar-refractivity contribution in [2.24, 2.45) is 11.8 Å². The molecule has 0 radical (unpaired) electrons. The van der Waals surface area contributed by atoms with Gasteiger partial charge in [-0.25, -0.2) is 0 Å². The summed E-state index contributed by atoms with van der Waals surface area (Å²) >= 11 is 0. The van der Waals surface area contributed by atoms with Gasteiger partial charge in [-0.15, -0.1) is 0 Å². The van der Waals surface area contributed by atoms with E-state index in [-0.39, 0.29) is 0 Å². The monoisotopic (exact) mass is 195 g/mol. The second kappa shape index (κ2) is 4.65. The van der Waals surface area contributed by atoms with Crippen molar-refractivity contribution in [2.45, 2.75) is 70.9 Å². The molecule has 2 atom stereocenters. The Morgan fingerprint density at radius 1 is 1.00 bits per heavy atom. The smallest absolute Gasteiger partial charge is 0.00979 e. The third kappa shape index (κ3) is 2.31. The molecule has 2 unspecified atom stereocenters. The van der Waals surface area contributed by atoms with Gasteiger partial charge in [0.15, 0.2) is 0 Å². The van der Waals surface area contributed by atoms with E-state index < -0.39 is 0 Å². The Morgan fingerprint density at radius 3 is 2.21 bits per heavy atom. The Bertz CT molecular complexity index is 168. The van der Waals surface area contributed by atoms with Gasteiger partial charge in [-0.1, -0.05) is 20.3 Å². The normalized spacial score (nSPS) is 43.3. The van der Waals surface area contributed by atoms with Gasteiger partial charge in [0, 0.05) is 12.1 Å². The fourth-order valence-corrected chi connectivity index (χ4v) is 3.01. The molecule has 1 N–H and O–H groups in total. The zero-order chi connectivity index (χ0) is 9.97. The van der Waals surface area contributed by atoms with Crippen molar-refractivity contribution in [1.29, 1.82) is 0 Å². The average molecular weight is 195 g/mol. The molecule has 0 heterocycles. The van der Waals surface area contributed by atoms with Crippen molar-refractivity contribution in [1.82, 2.24) is 5.32 Å². The van der Waals surface area contributed by atoms with Crippen LogP contribution in [0.3, 0.4) is 0 Å². The maximum atomic E-state index is 3.88. The first-order valence-electron chi connectivity index (χ1n) is 6.55. The van der Waals surface area contributed by atoms with Gasteiger partial charge in [-0.2, -0.15) is 0 Å². The predicted octanol–water partition coefficient (Wildman–Crippen LogP) is 3.34. The fourth-order valence-electron chi connectivity index (χ4n) is 3.01. The summed E-state index contributed by atoms with van der Waals surface area (Å²) in [5.74, 6) is 1.98. The van der Waals surface area contributed by atoms with Crippen molar-refractivity contribution in [2.75, 3.05) is 0 Å².